The molecule has 0 saturated carbocycles. The summed E-state index contributed by atoms with van der Waals surface area (Å²) >= 11 is 2.75. The topological polar surface area (TPSA) is 87.8 Å². The van der Waals surface area contributed by atoms with Gasteiger partial charge in [-0.15, -0.1) is 11.3 Å². The second kappa shape index (κ2) is 8.66. The third kappa shape index (κ3) is 4.58. The maximum absolute atomic E-state index is 13.1. The number of carbonyl (C=O) groups excluding carboxylic acids is 1. The van der Waals surface area contributed by atoms with Crippen molar-refractivity contribution in [1.29, 1.82) is 5.26 Å². The minimum atomic E-state index is -0.922. The Bertz CT molecular complexity index is 985. The van der Waals surface area contributed by atoms with Crippen LogP contribution >= 0.6 is 23.1 Å². The molecule has 0 fully saturated rings. The Morgan fingerprint density at radius 2 is 2.00 bits per heavy atom. The third-order valence-electron chi connectivity index (χ3n) is 4.92. The van der Waals surface area contributed by atoms with E-state index in [1.54, 1.807) is 11.5 Å². The molecule has 6 nitrogen and oxygen atoms in total. The van der Waals surface area contributed by atoms with E-state index >= 15 is 0 Å². The maximum atomic E-state index is 13.1. The highest BCUT2D eigenvalue weighted by Crippen LogP contribution is 2.28. The first-order valence-corrected chi connectivity index (χ1v) is 11.2. The van der Waals surface area contributed by atoms with Gasteiger partial charge in [-0.2, -0.15) is 5.26 Å². The van der Waals surface area contributed by atoms with Crippen LogP contribution in [0.5, 0.6) is 0 Å². The summed E-state index contributed by atoms with van der Waals surface area (Å²) in [6.07, 6.45) is 0. The van der Waals surface area contributed by atoms with Crippen LogP contribution in [0.1, 0.15) is 45.1 Å². The predicted molar refractivity (Wildman–Crippen MR) is 116 cm³/mol. The fraction of sp³-hybridized carbons (Fsp3) is 0.600. The summed E-state index contributed by atoms with van der Waals surface area (Å²) in [5.41, 5.74) is 0.00717. The van der Waals surface area contributed by atoms with Crippen LogP contribution in [0.4, 0.5) is 0 Å². The zero-order valence-corrected chi connectivity index (χ0v) is 19.2. The summed E-state index contributed by atoms with van der Waals surface area (Å²) in [4.78, 5) is 32.0. The average molecular weight is 421 g/mol. The molecule has 152 valence electrons. The normalized spacial score (nSPS) is 13.7. The highest BCUT2D eigenvalue weighted by atomic mass is 32.2. The molecule has 0 aliphatic heterocycles. The van der Waals surface area contributed by atoms with E-state index in [1.807, 2.05) is 41.5 Å². The molecule has 0 radical (unpaired) electrons. The van der Waals surface area contributed by atoms with Gasteiger partial charge in [-0.05, 0) is 38.2 Å². The second-order valence-corrected chi connectivity index (χ2v) is 10.1. The number of hydrogen-bond donors (Lipinski definition) is 1. The molecular formula is C20H28N4O2S2. The molecular weight excluding hydrogens is 392 g/mol. The summed E-state index contributed by atoms with van der Waals surface area (Å²) in [6, 6.07) is 2.18. The van der Waals surface area contributed by atoms with E-state index < -0.39 is 5.54 Å². The molecule has 28 heavy (non-hydrogen) atoms. The van der Waals surface area contributed by atoms with Crippen molar-refractivity contribution in [3.8, 4) is 6.07 Å². The minimum Gasteiger partial charge on any atom is -0.337 e. The van der Waals surface area contributed by atoms with E-state index in [-0.39, 0.29) is 29.1 Å². The lowest BCUT2D eigenvalue weighted by molar-refractivity contribution is -0.120. The number of amides is 1. The summed E-state index contributed by atoms with van der Waals surface area (Å²) in [7, 11) is 0. The zero-order valence-electron chi connectivity index (χ0n) is 17.5. The van der Waals surface area contributed by atoms with Gasteiger partial charge in [0.05, 0.1) is 17.2 Å². The summed E-state index contributed by atoms with van der Waals surface area (Å²) < 4.78 is 1.68. The number of aromatic nitrogens is 2. The number of thiophene rings is 1. The molecule has 8 heteroatoms. The minimum absolute atomic E-state index is 0.0166. The number of nitriles is 1. The quantitative estimate of drug-likeness (QED) is 0.542. The number of thioether (sulfide) groups is 1. The Balaban J connectivity index is 2.35. The van der Waals surface area contributed by atoms with Crippen LogP contribution < -0.4 is 10.9 Å². The van der Waals surface area contributed by atoms with Crippen molar-refractivity contribution in [2.75, 3.05) is 5.75 Å². The Labute approximate surface area is 174 Å². The number of rotatable bonds is 7. The van der Waals surface area contributed by atoms with E-state index in [0.29, 0.717) is 21.9 Å². The maximum Gasteiger partial charge on any atom is 0.263 e. The van der Waals surface area contributed by atoms with E-state index in [9.17, 15) is 14.9 Å². The van der Waals surface area contributed by atoms with Gasteiger partial charge >= 0.3 is 0 Å². The van der Waals surface area contributed by atoms with Crippen molar-refractivity contribution < 1.29 is 4.79 Å². The van der Waals surface area contributed by atoms with Crippen LogP contribution in [0.25, 0.3) is 10.2 Å². The van der Waals surface area contributed by atoms with Crippen molar-refractivity contribution in [1.82, 2.24) is 14.9 Å². The molecule has 0 saturated heterocycles. The number of nitrogens with one attached hydrogen (secondary N) is 1. The Morgan fingerprint density at radius 3 is 2.54 bits per heavy atom. The van der Waals surface area contributed by atoms with Crippen LogP contribution in [0, 0.1) is 37.0 Å². The predicted octanol–water partition coefficient (Wildman–Crippen LogP) is 3.88. The van der Waals surface area contributed by atoms with Gasteiger partial charge in [0, 0.05) is 11.4 Å². The first-order valence-electron chi connectivity index (χ1n) is 9.35. The fourth-order valence-corrected chi connectivity index (χ4v) is 4.58. The van der Waals surface area contributed by atoms with Crippen LogP contribution in [0.15, 0.2) is 9.95 Å². The molecule has 0 aliphatic carbocycles. The highest BCUT2D eigenvalue weighted by molar-refractivity contribution is 7.99. The van der Waals surface area contributed by atoms with Gasteiger partial charge in [0.25, 0.3) is 5.56 Å². The number of carbonyl (C=O) groups is 1. The number of aryl methyl sites for hydroxylation is 2. The summed E-state index contributed by atoms with van der Waals surface area (Å²) in [6.45, 7) is 14.1. The molecule has 0 aromatic carbocycles. The van der Waals surface area contributed by atoms with E-state index in [4.69, 9.17) is 4.98 Å². The molecule has 0 aliphatic rings. The summed E-state index contributed by atoms with van der Waals surface area (Å²) in [5, 5.41) is 13.4. The lowest BCUT2D eigenvalue weighted by atomic mass is 9.90. The number of fused-ring (bicyclic) bond motifs is 1. The van der Waals surface area contributed by atoms with Gasteiger partial charge in [0.15, 0.2) is 5.16 Å². The lowest BCUT2D eigenvalue weighted by Crippen LogP contribution is -2.49. The van der Waals surface area contributed by atoms with Gasteiger partial charge in [0.2, 0.25) is 5.91 Å². The standard InChI is InChI=1S/C20H28N4O2S2/c1-11(2)8-24-18(26)16-13(5)14(6)28-17(16)22-19(24)27-9-15(25)23-20(7,10-21)12(3)4/h11-12H,8-9H2,1-7H3,(H,23,25)/t20-/m1/s1. The van der Waals surface area contributed by atoms with Crippen LogP contribution in [-0.4, -0.2) is 26.8 Å². The molecule has 1 amide bonds. The molecule has 2 rings (SSSR count). The molecule has 0 bridgehead atoms. The second-order valence-electron chi connectivity index (χ2n) is 7.97. The molecule has 1 N–H and O–H groups in total. The Kier molecular flexibility index (Phi) is 6.94. The van der Waals surface area contributed by atoms with Gasteiger partial charge < -0.3 is 5.32 Å². The Morgan fingerprint density at radius 1 is 1.36 bits per heavy atom. The molecule has 2 aromatic rings. The first kappa shape index (κ1) is 22.4. The first-order chi connectivity index (χ1) is 13.0. The van der Waals surface area contributed by atoms with E-state index in [2.05, 4.69) is 11.4 Å². The third-order valence-corrected chi connectivity index (χ3v) is 7.00. The van der Waals surface area contributed by atoms with E-state index in [0.717, 1.165) is 10.4 Å². The number of hydrogen-bond acceptors (Lipinski definition) is 6. The number of nitrogens with zero attached hydrogens (tertiary/aromatic N) is 3. The van der Waals surface area contributed by atoms with Crippen molar-refractivity contribution in [2.24, 2.45) is 11.8 Å². The van der Waals surface area contributed by atoms with Gasteiger partial charge in [-0.25, -0.2) is 4.98 Å². The van der Waals surface area contributed by atoms with Crippen molar-refractivity contribution in [3.63, 3.8) is 0 Å². The van der Waals surface area contributed by atoms with Crippen molar-refractivity contribution in [2.45, 2.75) is 65.7 Å². The summed E-state index contributed by atoms with van der Waals surface area (Å²) in [5.74, 6) is 0.112. The lowest BCUT2D eigenvalue weighted by Gasteiger charge is -2.27. The SMILES string of the molecule is Cc1sc2nc(SCC(=O)N[C@](C)(C#N)C(C)C)n(CC(C)C)c(=O)c2c1C. The van der Waals surface area contributed by atoms with Crippen molar-refractivity contribution >= 4 is 39.2 Å². The zero-order chi connectivity index (χ0) is 21.2. The largest absolute Gasteiger partial charge is 0.337 e. The average Bonchev–Trinajstić information content (AvgIpc) is 2.89. The molecule has 0 unspecified atom stereocenters. The van der Waals surface area contributed by atoms with Gasteiger partial charge in [-0.3, -0.25) is 14.2 Å². The molecule has 2 aromatic heterocycles. The highest BCUT2D eigenvalue weighted by Gasteiger charge is 2.30. The Hall–Kier alpha value is -1.85. The fourth-order valence-electron chi connectivity index (χ4n) is 2.70. The van der Waals surface area contributed by atoms with Crippen molar-refractivity contribution in [3.05, 3.63) is 20.8 Å². The van der Waals surface area contributed by atoms with Gasteiger partial charge in [0.1, 0.15) is 10.4 Å². The van der Waals surface area contributed by atoms with Crippen LogP contribution in [0.3, 0.4) is 0 Å². The van der Waals surface area contributed by atoms with Gasteiger partial charge in [-0.1, -0.05) is 39.5 Å². The molecule has 0 spiro atoms. The molecule has 1 atom stereocenters. The monoisotopic (exact) mass is 420 g/mol. The smallest absolute Gasteiger partial charge is 0.263 e. The van der Waals surface area contributed by atoms with E-state index in [1.165, 1.54) is 23.1 Å². The van der Waals surface area contributed by atoms with Crippen LogP contribution in [-0.2, 0) is 11.3 Å². The molecule has 2 heterocycles. The van der Waals surface area contributed by atoms with Crippen LogP contribution in [0.2, 0.25) is 0 Å².